The summed E-state index contributed by atoms with van der Waals surface area (Å²) in [5.74, 6) is -5.15. The van der Waals surface area contributed by atoms with Gasteiger partial charge in [0.2, 0.25) is 5.82 Å². The van der Waals surface area contributed by atoms with Crippen LogP contribution >= 0.6 is 0 Å². The van der Waals surface area contributed by atoms with Crippen molar-refractivity contribution >= 4 is 6.09 Å². The maximum atomic E-state index is 14.3. The second-order valence-corrected chi connectivity index (χ2v) is 7.98. The monoisotopic (exact) mass is 463 g/mol. The molecule has 3 atom stereocenters. The first-order valence-corrected chi connectivity index (χ1v) is 9.91. The molecule has 1 amide bonds. The van der Waals surface area contributed by atoms with E-state index < -0.39 is 47.5 Å². The summed E-state index contributed by atoms with van der Waals surface area (Å²) >= 11 is 0. The van der Waals surface area contributed by atoms with E-state index in [1.807, 2.05) is 4.90 Å². The molecule has 1 saturated carbocycles. The summed E-state index contributed by atoms with van der Waals surface area (Å²) in [4.78, 5) is 13.2. The van der Waals surface area contributed by atoms with Crippen LogP contribution in [0.2, 0.25) is 0 Å². The van der Waals surface area contributed by atoms with Crippen LogP contribution in [0.1, 0.15) is 42.4 Å². The van der Waals surface area contributed by atoms with Gasteiger partial charge in [-0.15, -0.1) is 10.2 Å². The number of carboxylic acid groups (broad SMARTS) is 1. The molecule has 0 spiro atoms. The summed E-state index contributed by atoms with van der Waals surface area (Å²) in [6, 6.07) is 0.158. The molecule has 1 aromatic carbocycles. The fourth-order valence-corrected chi connectivity index (χ4v) is 4.69. The number of nitrogens with zero attached hydrogens (tertiary/aromatic N) is 4. The molecule has 7 nitrogen and oxygen atoms in total. The van der Waals surface area contributed by atoms with Gasteiger partial charge < -0.3 is 15.0 Å². The van der Waals surface area contributed by atoms with Gasteiger partial charge in [0.1, 0.15) is 11.6 Å². The molecular weight excluding hydrogens is 444 g/mol. The van der Waals surface area contributed by atoms with Crippen molar-refractivity contribution in [2.75, 3.05) is 6.54 Å². The molecule has 0 saturated heterocycles. The Hall–Kier alpha value is -2.83. The second-order valence-electron chi connectivity index (χ2n) is 7.98. The van der Waals surface area contributed by atoms with Crippen LogP contribution in [0, 0.1) is 17.5 Å². The number of hydrogen-bond acceptors (Lipinski definition) is 4. The molecule has 0 unspecified atom stereocenters. The van der Waals surface area contributed by atoms with Crippen molar-refractivity contribution in [1.29, 1.82) is 0 Å². The molecule has 32 heavy (non-hydrogen) atoms. The van der Waals surface area contributed by atoms with Crippen LogP contribution in [0.5, 0.6) is 0 Å². The number of aromatic nitrogens is 3. The number of benzene rings is 1. The average molecular weight is 463 g/mol. The van der Waals surface area contributed by atoms with E-state index in [0.717, 1.165) is 10.6 Å². The highest BCUT2D eigenvalue weighted by Crippen LogP contribution is 2.38. The van der Waals surface area contributed by atoms with Crippen LogP contribution in [0.15, 0.2) is 12.1 Å². The molecule has 0 bridgehead atoms. The molecule has 2 N–H and O–H groups in total. The van der Waals surface area contributed by atoms with E-state index in [4.69, 9.17) is 0 Å². The quantitative estimate of drug-likeness (QED) is 0.538. The topological polar surface area (TPSA) is 83.3 Å². The lowest BCUT2D eigenvalue weighted by Crippen LogP contribution is -2.50. The Morgan fingerprint density at radius 3 is 2.47 bits per heavy atom. The van der Waals surface area contributed by atoms with E-state index in [1.54, 1.807) is 0 Å². The number of fused-ring (bicyclic) bond motifs is 1. The van der Waals surface area contributed by atoms with Gasteiger partial charge in [0.25, 0.3) is 0 Å². The van der Waals surface area contributed by atoms with Gasteiger partial charge in [-0.05, 0) is 30.9 Å². The lowest BCUT2D eigenvalue weighted by molar-refractivity contribution is -0.148. The summed E-state index contributed by atoms with van der Waals surface area (Å²) in [6.45, 7) is 0.381. The van der Waals surface area contributed by atoms with Gasteiger partial charge in [-0.1, -0.05) is 0 Å². The standard InChI is InChI=1S/C19H19F6N5O2/c20-12-7-14(22)13(21)6-11(12)10-2-1-9(5-15(10)26-18(31)32)29-3-4-30-16(8-29)27-28-17(30)19(23,24)25/h6-7,9-10,15,26H,1-5,8H2,(H,31,32)/t9-,10-,15+/m1/s1. The van der Waals surface area contributed by atoms with Gasteiger partial charge >= 0.3 is 12.3 Å². The Kier molecular flexibility index (Phi) is 5.77. The zero-order valence-corrected chi connectivity index (χ0v) is 16.5. The molecule has 2 aliphatic rings. The van der Waals surface area contributed by atoms with Gasteiger partial charge in [-0.25, -0.2) is 18.0 Å². The largest absolute Gasteiger partial charge is 0.465 e. The molecule has 2 aromatic rings. The fourth-order valence-electron chi connectivity index (χ4n) is 4.69. The Labute approximate surface area is 178 Å². The number of hydrogen-bond donors (Lipinski definition) is 2. The molecule has 4 rings (SSSR count). The summed E-state index contributed by atoms with van der Waals surface area (Å²) < 4.78 is 81.5. The minimum atomic E-state index is -4.61. The molecular formula is C19H19F6N5O2. The van der Waals surface area contributed by atoms with Gasteiger partial charge in [-0.2, -0.15) is 13.2 Å². The number of halogens is 6. The van der Waals surface area contributed by atoms with Crippen molar-refractivity contribution < 1.29 is 36.2 Å². The predicted molar refractivity (Wildman–Crippen MR) is 97.1 cm³/mol. The zero-order chi connectivity index (χ0) is 23.2. The Morgan fingerprint density at radius 1 is 1.06 bits per heavy atom. The normalized spacial score (nSPS) is 24.2. The molecule has 13 heteroatoms. The van der Waals surface area contributed by atoms with Crippen molar-refractivity contribution in [3.05, 3.63) is 46.8 Å². The third kappa shape index (κ3) is 4.25. The molecule has 1 fully saturated rings. The zero-order valence-electron chi connectivity index (χ0n) is 16.5. The summed E-state index contributed by atoms with van der Waals surface area (Å²) in [5.41, 5.74) is -0.116. The highest BCUT2D eigenvalue weighted by atomic mass is 19.4. The first kappa shape index (κ1) is 22.4. The van der Waals surface area contributed by atoms with E-state index in [2.05, 4.69) is 15.5 Å². The minimum absolute atomic E-state index is 0.0198. The van der Waals surface area contributed by atoms with E-state index in [9.17, 15) is 36.2 Å². The predicted octanol–water partition coefficient (Wildman–Crippen LogP) is 3.50. The van der Waals surface area contributed by atoms with Crippen molar-refractivity contribution in [2.24, 2.45) is 0 Å². The van der Waals surface area contributed by atoms with Gasteiger partial charge in [0, 0.05) is 37.2 Å². The third-order valence-corrected chi connectivity index (χ3v) is 6.12. The summed E-state index contributed by atoms with van der Waals surface area (Å²) in [6.07, 6.45) is -5.01. The lowest BCUT2D eigenvalue weighted by atomic mass is 9.77. The number of alkyl halides is 3. The number of amides is 1. The summed E-state index contributed by atoms with van der Waals surface area (Å²) in [5, 5.41) is 18.4. The van der Waals surface area contributed by atoms with Crippen LogP contribution in [0.4, 0.5) is 31.1 Å². The maximum absolute atomic E-state index is 14.3. The lowest BCUT2D eigenvalue weighted by Gasteiger charge is -2.42. The minimum Gasteiger partial charge on any atom is -0.465 e. The second kappa shape index (κ2) is 8.26. The van der Waals surface area contributed by atoms with Crippen LogP contribution < -0.4 is 5.32 Å². The molecule has 1 aliphatic carbocycles. The molecule has 1 aromatic heterocycles. The van der Waals surface area contributed by atoms with Crippen molar-refractivity contribution in [1.82, 2.24) is 25.0 Å². The van der Waals surface area contributed by atoms with Gasteiger partial charge in [-0.3, -0.25) is 4.90 Å². The van der Waals surface area contributed by atoms with Crippen LogP contribution in [-0.2, 0) is 19.3 Å². The smallest absolute Gasteiger partial charge is 0.451 e. The Morgan fingerprint density at radius 2 is 1.78 bits per heavy atom. The van der Waals surface area contributed by atoms with Crippen LogP contribution in [0.25, 0.3) is 0 Å². The van der Waals surface area contributed by atoms with E-state index >= 15 is 0 Å². The van der Waals surface area contributed by atoms with Crippen molar-refractivity contribution in [3.63, 3.8) is 0 Å². The number of nitrogens with one attached hydrogen (secondary N) is 1. The summed E-state index contributed by atoms with van der Waals surface area (Å²) in [7, 11) is 0. The van der Waals surface area contributed by atoms with Gasteiger partial charge in [0.15, 0.2) is 11.6 Å². The van der Waals surface area contributed by atoms with Crippen molar-refractivity contribution in [2.45, 2.75) is 56.5 Å². The first-order valence-electron chi connectivity index (χ1n) is 9.91. The molecule has 2 heterocycles. The van der Waals surface area contributed by atoms with E-state index in [0.29, 0.717) is 12.5 Å². The molecule has 174 valence electrons. The fraction of sp³-hybridized carbons (Fsp3) is 0.526. The van der Waals surface area contributed by atoms with E-state index in [-0.39, 0.29) is 49.9 Å². The van der Waals surface area contributed by atoms with Crippen LogP contribution in [0.3, 0.4) is 0 Å². The SMILES string of the molecule is O=C(O)N[C@H]1C[C@H](N2CCn3c(nnc3C(F)(F)F)C2)CC[C@@H]1c1cc(F)c(F)cc1F. The van der Waals surface area contributed by atoms with Crippen LogP contribution in [-0.4, -0.2) is 49.5 Å². The maximum Gasteiger partial charge on any atom is 0.451 e. The number of rotatable bonds is 3. The average Bonchev–Trinajstić information content (AvgIpc) is 3.14. The molecule has 0 radical (unpaired) electrons. The van der Waals surface area contributed by atoms with Gasteiger partial charge in [0.05, 0.1) is 6.54 Å². The highest BCUT2D eigenvalue weighted by molar-refractivity contribution is 5.65. The Balaban J connectivity index is 1.53. The highest BCUT2D eigenvalue weighted by Gasteiger charge is 2.42. The third-order valence-electron chi connectivity index (χ3n) is 6.12. The first-order chi connectivity index (χ1) is 15.0. The van der Waals surface area contributed by atoms with Crippen molar-refractivity contribution in [3.8, 4) is 0 Å². The Bertz CT molecular complexity index is 1030. The molecule has 1 aliphatic heterocycles. The number of carbonyl (C=O) groups is 1. The van der Waals surface area contributed by atoms with E-state index in [1.165, 1.54) is 0 Å².